The van der Waals surface area contributed by atoms with Crippen molar-refractivity contribution in [1.82, 2.24) is 0 Å². The number of hydrogen-bond donors (Lipinski definition) is 1. The van der Waals surface area contributed by atoms with Crippen molar-refractivity contribution < 1.29 is 17.9 Å². The fraction of sp³-hybridized carbons (Fsp3) is 0.100. The Morgan fingerprint density at radius 2 is 1.56 bits per heavy atom. The molecule has 0 bridgehead atoms. The molecule has 3 aromatic carbocycles. The Balaban J connectivity index is 2.01. The molecule has 0 saturated heterocycles. The third kappa shape index (κ3) is 4.35. The van der Waals surface area contributed by atoms with Gasteiger partial charge >= 0.3 is 0 Å². The summed E-state index contributed by atoms with van der Waals surface area (Å²) in [5.41, 5.74) is 1.85. The van der Waals surface area contributed by atoms with E-state index in [1.807, 2.05) is 24.3 Å². The second-order valence-electron chi connectivity index (χ2n) is 5.70. The maximum atomic E-state index is 12.8. The summed E-state index contributed by atoms with van der Waals surface area (Å²) in [4.78, 5) is 0.134. The summed E-state index contributed by atoms with van der Waals surface area (Å²) in [7, 11) is -0.680. The van der Waals surface area contributed by atoms with Crippen molar-refractivity contribution in [3.8, 4) is 22.6 Å². The van der Waals surface area contributed by atoms with E-state index in [1.165, 1.54) is 19.2 Å². The molecule has 0 fully saturated rings. The van der Waals surface area contributed by atoms with Crippen molar-refractivity contribution in [3.05, 3.63) is 71.8 Å². The molecule has 0 aliphatic heterocycles. The Morgan fingerprint density at radius 3 is 2.22 bits per heavy atom. The molecule has 0 aliphatic carbocycles. The lowest BCUT2D eigenvalue weighted by atomic mass is 10.0. The number of sulfonamides is 1. The summed E-state index contributed by atoms with van der Waals surface area (Å²) in [6.45, 7) is 0. The van der Waals surface area contributed by atoms with Crippen LogP contribution in [-0.4, -0.2) is 22.6 Å². The largest absolute Gasteiger partial charge is 0.497 e. The minimum atomic E-state index is -3.78. The average Bonchev–Trinajstić information content (AvgIpc) is 2.69. The molecule has 27 heavy (non-hydrogen) atoms. The lowest BCUT2D eigenvalue weighted by Crippen LogP contribution is -2.13. The van der Waals surface area contributed by atoms with E-state index in [-0.39, 0.29) is 4.90 Å². The molecule has 7 heteroatoms. The Kier molecular flexibility index (Phi) is 5.58. The van der Waals surface area contributed by atoms with Crippen LogP contribution < -0.4 is 14.2 Å². The summed E-state index contributed by atoms with van der Waals surface area (Å²) in [5, 5.41) is 0.500. The first-order chi connectivity index (χ1) is 12.9. The zero-order chi connectivity index (χ0) is 19.4. The average molecular weight is 404 g/mol. The van der Waals surface area contributed by atoms with Gasteiger partial charge in [0.15, 0.2) is 0 Å². The molecule has 0 amide bonds. The second-order valence-corrected chi connectivity index (χ2v) is 7.82. The molecule has 140 valence electrons. The Bertz CT molecular complexity index is 1050. The maximum absolute atomic E-state index is 12.8. The van der Waals surface area contributed by atoms with Crippen molar-refractivity contribution in [1.29, 1.82) is 0 Å². The van der Waals surface area contributed by atoms with Crippen LogP contribution in [0.25, 0.3) is 11.1 Å². The molecule has 0 spiro atoms. The van der Waals surface area contributed by atoms with Crippen LogP contribution in [0.5, 0.6) is 11.5 Å². The van der Waals surface area contributed by atoms with Crippen molar-refractivity contribution in [2.75, 3.05) is 18.9 Å². The first-order valence-electron chi connectivity index (χ1n) is 8.04. The first kappa shape index (κ1) is 19.1. The summed E-state index contributed by atoms with van der Waals surface area (Å²) in [6.07, 6.45) is 0. The highest BCUT2D eigenvalue weighted by Crippen LogP contribution is 2.34. The number of benzene rings is 3. The minimum Gasteiger partial charge on any atom is -0.497 e. The Labute approximate surface area is 163 Å². The van der Waals surface area contributed by atoms with E-state index >= 15 is 0 Å². The van der Waals surface area contributed by atoms with Crippen LogP contribution in [0.4, 0.5) is 5.69 Å². The summed E-state index contributed by atoms with van der Waals surface area (Å²) >= 11 is 6.14. The molecule has 0 saturated carbocycles. The zero-order valence-corrected chi connectivity index (χ0v) is 16.3. The highest BCUT2D eigenvalue weighted by Gasteiger charge is 2.17. The van der Waals surface area contributed by atoms with E-state index in [1.54, 1.807) is 37.4 Å². The van der Waals surface area contributed by atoms with Crippen molar-refractivity contribution in [2.45, 2.75) is 4.90 Å². The lowest BCUT2D eigenvalue weighted by molar-refractivity contribution is 0.414. The highest BCUT2D eigenvalue weighted by atomic mass is 35.5. The monoisotopic (exact) mass is 403 g/mol. The molecule has 0 radical (unpaired) electrons. The van der Waals surface area contributed by atoms with Gasteiger partial charge in [0.05, 0.1) is 24.8 Å². The van der Waals surface area contributed by atoms with Crippen LogP contribution in [-0.2, 0) is 10.0 Å². The smallest absolute Gasteiger partial charge is 0.261 e. The van der Waals surface area contributed by atoms with Gasteiger partial charge in [0.2, 0.25) is 0 Å². The van der Waals surface area contributed by atoms with Crippen LogP contribution in [0.2, 0.25) is 5.02 Å². The van der Waals surface area contributed by atoms with Crippen LogP contribution in [0.3, 0.4) is 0 Å². The number of halogens is 1. The van der Waals surface area contributed by atoms with Gasteiger partial charge in [0, 0.05) is 10.6 Å². The predicted octanol–water partition coefficient (Wildman–Crippen LogP) is 4.83. The molecule has 0 heterocycles. The number of rotatable bonds is 6. The van der Waals surface area contributed by atoms with Gasteiger partial charge in [-0.25, -0.2) is 8.42 Å². The van der Waals surface area contributed by atoms with Crippen molar-refractivity contribution >= 4 is 27.3 Å². The minimum absolute atomic E-state index is 0.134. The van der Waals surface area contributed by atoms with Gasteiger partial charge in [0.1, 0.15) is 11.5 Å². The van der Waals surface area contributed by atoms with Crippen LogP contribution in [0, 0.1) is 0 Å². The molecule has 0 unspecified atom stereocenters. The van der Waals surface area contributed by atoms with E-state index in [2.05, 4.69) is 4.72 Å². The normalized spacial score (nSPS) is 11.1. The van der Waals surface area contributed by atoms with Gasteiger partial charge in [-0.2, -0.15) is 0 Å². The molecule has 1 N–H and O–H groups in total. The first-order valence-corrected chi connectivity index (χ1v) is 9.90. The fourth-order valence-electron chi connectivity index (χ4n) is 2.59. The van der Waals surface area contributed by atoms with Crippen molar-refractivity contribution in [3.63, 3.8) is 0 Å². The highest BCUT2D eigenvalue weighted by molar-refractivity contribution is 7.92. The van der Waals surface area contributed by atoms with E-state index in [4.69, 9.17) is 21.1 Å². The Hall–Kier alpha value is -2.70. The molecular weight excluding hydrogens is 386 g/mol. The molecule has 3 aromatic rings. The Morgan fingerprint density at radius 1 is 0.852 bits per heavy atom. The summed E-state index contributed by atoms with van der Waals surface area (Å²) in [6, 6.07) is 18.5. The third-order valence-electron chi connectivity index (χ3n) is 3.98. The number of nitrogens with one attached hydrogen (secondary N) is 1. The van der Waals surface area contributed by atoms with Gasteiger partial charge in [0.25, 0.3) is 10.0 Å². The van der Waals surface area contributed by atoms with Gasteiger partial charge in [-0.05, 0) is 60.2 Å². The molecule has 0 aliphatic rings. The van der Waals surface area contributed by atoms with E-state index in [9.17, 15) is 8.42 Å². The second kappa shape index (κ2) is 7.90. The number of anilines is 1. The van der Waals surface area contributed by atoms with Crippen LogP contribution in [0.1, 0.15) is 0 Å². The standard InChI is InChI=1S/C20H18ClNO4S/c1-25-16-7-9-18(10-8-16)27(23,24)22-20-11-6-15(21)13-19(20)14-4-3-5-17(12-14)26-2/h3-13,22H,1-2H3. The zero-order valence-electron chi connectivity index (χ0n) is 14.8. The van der Waals surface area contributed by atoms with E-state index < -0.39 is 10.0 Å². The molecule has 0 aromatic heterocycles. The number of hydrogen-bond acceptors (Lipinski definition) is 4. The van der Waals surface area contributed by atoms with E-state index in [0.717, 1.165) is 5.56 Å². The third-order valence-corrected chi connectivity index (χ3v) is 5.59. The van der Waals surface area contributed by atoms with Gasteiger partial charge < -0.3 is 9.47 Å². The van der Waals surface area contributed by atoms with Gasteiger partial charge in [-0.3, -0.25) is 4.72 Å². The van der Waals surface area contributed by atoms with Crippen LogP contribution >= 0.6 is 11.6 Å². The van der Waals surface area contributed by atoms with Gasteiger partial charge in [-0.15, -0.1) is 0 Å². The molecule has 5 nitrogen and oxygen atoms in total. The topological polar surface area (TPSA) is 64.6 Å². The number of methoxy groups -OCH3 is 2. The molecule has 3 rings (SSSR count). The lowest BCUT2D eigenvalue weighted by Gasteiger charge is -2.14. The maximum Gasteiger partial charge on any atom is 0.261 e. The predicted molar refractivity (Wildman–Crippen MR) is 107 cm³/mol. The van der Waals surface area contributed by atoms with E-state index in [0.29, 0.717) is 27.8 Å². The van der Waals surface area contributed by atoms with Crippen molar-refractivity contribution in [2.24, 2.45) is 0 Å². The molecular formula is C20H18ClNO4S. The quantitative estimate of drug-likeness (QED) is 0.640. The fourth-order valence-corrected chi connectivity index (χ4v) is 3.85. The number of ether oxygens (including phenoxy) is 2. The van der Waals surface area contributed by atoms with Gasteiger partial charge in [-0.1, -0.05) is 23.7 Å². The van der Waals surface area contributed by atoms with Crippen LogP contribution in [0.15, 0.2) is 71.6 Å². The SMILES string of the molecule is COc1ccc(S(=O)(=O)Nc2ccc(Cl)cc2-c2cccc(OC)c2)cc1. The summed E-state index contributed by atoms with van der Waals surface area (Å²) in [5.74, 6) is 1.24. The molecule has 0 atom stereocenters. The summed E-state index contributed by atoms with van der Waals surface area (Å²) < 4.78 is 38.5.